The number of hydrogen-bond acceptors (Lipinski definition) is 5. The van der Waals surface area contributed by atoms with E-state index in [0.717, 1.165) is 5.56 Å². The summed E-state index contributed by atoms with van der Waals surface area (Å²) in [5.41, 5.74) is 6.73. The van der Waals surface area contributed by atoms with Crippen LogP contribution < -0.4 is 11.1 Å². The summed E-state index contributed by atoms with van der Waals surface area (Å²) in [6.07, 6.45) is 1.72. The van der Waals surface area contributed by atoms with E-state index in [1.165, 1.54) is 11.8 Å². The maximum atomic E-state index is 12.6. The highest BCUT2D eigenvalue weighted by atomic mass is 32.2. The molecule has 1 aromatic heterocycles. The van der Waals surface area contributed by atoms with Gasteiger partial charge in [-0.3, -0.25) is 9.36 Å². The third-order valence-electron chi connectivity index (χ3n) is 3.05. The summed E-state index contributed by atoms with van der Waals surface area (Å²) in [6, 6.07) is 9.65. The van der Waals surface area contributed by atoms with Crippen molar-refractivity contribution in [1.29, 1.82) is 0 Å². The number of nitrogens with zero attached hydrogens (tertiary/aromatic N) is 3. The fourth-order valence-corrected chi connectivity index (χ4v) is 3.12. The average molecular weight is 331 g/mol. The minimum atomic E-state index is -0.425. The summed E-state index contributed by atoms with van der Waals surface area (Å²) in [5, 5.41) is 11.1. The molecule has 0 fully saturated rings. The molecule has 1 amide bonds. The zero-order valence-corrected chi connectivity index (χ0v) is 14.1. The van der Waals surface area contributed by atoms with Crippen LogP contribution in [0.1, 0.15) is 24.7 Å². The van der Waals surface area contributed by atoms with E-state index >= 15 is 0 Å². The molecule has 0 saturated heterocycles. The quantitative estimate of drug-likeness (QED) is 0.601. The van der Waals surface area contributed by atoms with E-state index < -0.39 is 5.25 Å². The van der Waals surface area contributed by atoms with E-state index in [1.54, 1.807) is 10.6 Å². The topological polar surface area (TPSA) is 85.8 Å². The lowest BCUT2D eigenvalue weighted by atomic mass is 10.1. The van der Waals surface area contributed by atoms with Gasteiger partial charge in [-0.25, -0.2) is 0 Å². The van der Waals surface area contributed by atoms with Crippen molar-refractivity contribution in [1.82, 2.24) is 20.1 Å². The number of amides is 1. The maximum absolute atomic E-state index is 12.6. The van der Waals surface area contributed by atoms with Crippen molar-refractivity contribution in [3.8, 4) is 0 Å². The van der Waals surface area contributed by atoms with Gasteiger partial charge in [0.25, 0.3) is 0 Å². The van der Waals surface area contributed by atoms with E-state index in [1.807, 2.05) is 44.2 Å². The number of nitrogens with one attached hydrogen (secondary N) is 1. The molecule has 0 aliphatic carbocycles. The lowest BCUT2D eigenvalue weighted by Crippen LogP contribution is -2.33. The molecule has 23 heavy (non-hydrogen) atoms. The molecule has 1 heterocycles. The van der Waals surface area contributed by atoms with Crippen molar-refractivity contribution in [3.05, 3.63) is 48.6 Å². The van der Waals surface area contributed by atoms with Crippen LogP contribution in [0.2, 0.25) is 0 Å². The van der Waals surface area contributed by atoms with E-state index in [2.05, 4.69) is 22.1 Å². The van der Waals surface area contributed by atoms with E-state index in [-0.39, 0.29) is 11.9 Å². The Bertz CT molecular complexity index is 668. The molecule has 0 aliphatic rings. The maximum Gasteiger partial charge on any atom is 0.238 e. The van der Waals surface area contributed by atoms with Crippen LogP contribution in [0.3, 0.4) is 0 Å². The number of aromatic nitrogens is 3. The molecular weight excluding hydrogens is 310 g/mol. The molecule has 0 spiro atoms. The second-order valence-electron chi connectivity index (χ2n) is 5.31. The van der Waals surface area contributed by atoms with Gasteiger partial charge >= 0.3 is 0 Å². The highest BCUT2D eigenvalue weighted by molar-refractivity contribution is 8.00. The van der Waals surface area contributed by atoms with E-state index in [4.69, 9.17) is 5.73 Å². The van der Waals surface area contributed by atoms with Crippen molar-refractivity contribution in [3.63, 3.8) is 0 Å². The van der Waals surface area contributed by atoms with Crippen molar-refractivity contribution in [2.24, 2.45) is 0 Å². The minimum Gasteiger partial charge on any atom is -0.368 e. The molecule has 122 valence electrons. The van der Waals surface area contributed by atoms with Gasteiger partial charge in [0.1, 0.15) is 5.25 Å². The van der Waals surface area contributed by atoms with Gasteiger partial charge in [0.15, 0.2) is 5.16 Å². The summed E-state index contributed by atoms with van der Waals surface area (Å²) in [4.78, 5) is 12.6. The number of rotatable bonds is 7. The smallest absolute Gasteiger partial charge is 0.238 e. The fraction of sp³-hybridized carbons (Fsp3) is 0.312. The average Bonchev–Trinajstić information content (AvgIpc) is 2.86. The number of thioether (sulfide) groups is 1. The zero-order valence-electron chi connectivity index (χ0n) is 13.3. The van der Waals surface area contributed by atoms with Crippen LogP contribution in [0.5, 0.6) is 0 Å². The number of anilines is 1. The van der Waals surface area contributed by atoms with Crippen molar-refractivity contribution in [2.45, 2.75) is 36.8 Å². The van der Waals surface area contributed by atoms with Gasteiger partial charge < -0.3 is 11.1 Å². The van der Waals surface area contributed by atoms with Crippen LogP contribution in [0, 0.1) is 0 Å². The highest BCUT2D eigenvalue weighted by Gasteiger charge is 2.25. The largest absolute Gasteiger partial charge is 0.368 e. The SMILES string of the molecule is C=CCn1c(N)nnc1S[C@@H](C(=O)NC(C)C)c1ccccc1. The molecule has 6 nitrogen and oxygen atoms in total. The van der Waals surface area contributed by atoms with Crippen LogP contribution >= 0.6 is 11.8 Å². The standard InChI is InChI=1S/C16H21N5OS/c1-4-10-21-15(17)19-20-16(21)23-13(14(22)18-11(2)3)12-8-6-5-7-9-12/h4-9,11,13H,1,10H2,2-3H3,(H2,17,19)(H,18,22)/t13-/m1/s1. The summed E-state index contributed by atoms with van der Waals surface area (Å²) < 4.78 is 1.73. The number of hydrogen-bond donors (Lipinski definition) is 2. The Morgan fingerprint density at radius 3 is 2.70 bits per heavy atom. The van der Waals surface area contributed by atoms with Gasteiger partial charge in [-0.1, -0.05) is 48.2 Å². The first kappa shape index (κ1) is 17.1. The summed E-state index contributed by atoms with van der Waals surface area (Å²) >= 11 is 1.33. The van der Waals surface area contributed by atoms with E-state index in [0.29, 0.717) is 17.6 Å². The number of benzene rings is 1. The third-order valence-corrected chi connectivity index (χ3v) is 4.29. The molecule has 0 unspecified atom stereocenters. The van der Waals surface area contributed by atoms with Crippen LogP contribution in [0.4, 0.5) is 5.95 Å². The molecular formula is C16H21N5OS. The molecule has 0 saturated carbocycles. The number of allylic oxidation sites excluding steroid dienone is 1. The van der Waals surface area contributed by atoms with E-state index in [9.17, 15) is 4.79 Å². The van der Waals surface area contributed by atoms with Gasteiger partial charge in [0.05, 0.1) is 0 Å². The number of carbonyl (C=O) groups is 1. The minimum absolute atomic E-state index is 0.0606. The molecule has 0 bridgehead atoms. The zero-order chi connectivity index (χ0) is 16.8. The first-order chi connectivity index (χ1) is 11.0. The highest BCUT2D eigenvalue weighted by Crippen LogP contribution is 2.35. The Hall–Kier alpha value is -2.28. The Morgan fingerprint density at radius 2 is 2.09 bits per heavy atom. The molecule has 0 aliphatic heterocycles. The Balaban J connectivity index is 2.31. The summed E-state index contributed by atoms with van der Waals surface area (Å²) in [6.45, 7) is 8.07. The monoisotopic (exact) mass is 331 g/mol. The third kappa shape index (κ3) is 4.35. The first-order valence-electron chi connectivity index (χ1n) is 7.34. The van der Waals surface area contributed by atoms with Crippen molar-refractivity contribution < 1.29 is 4.79 Å². The molecule has 1 aromatic carbocycles. The van der Waals surface area contributed by atoms with Gasteiger partial charge in [-0.15, -0.1) is 16.8 Å². The van der Waals surface area contributed by atoms with Crippen LogP contribution in [-0.2, 0) is 11.3 Å². The van der Waals surface area contributed by atoms with Crippen molar-refractivity contribution in [2.75, 3.05) is 5.73 Å². The Labute approximate surface area is 140 Å². The normalized spacial score (nSPS) is 12.1. The summed E-state index contributed by atoms with van der Waals surface area (Å²) in [5.74, 6) is 0.242. The molecule has 2 rings (SSSR count). The number of carbonyl (C=O) groups excluding carboxylic acids is 1. The number of nitrogen functional groups attached to an aromatic ring is 1. The van der Waals surface area contributed by atoms with Gasteiger partial charge in [-0.05, 0) is 19.4 Å². The lowest BCUT2D eigenvalue weighted by Gasteiger charge is -2.18. The molecule has 3 N–H and O–H groups in total. The second-order valence-corrected chi connectivity index (χ2v) is 6.38. The van der Waals surface area contributed by atoms with Crippen LogP contribution in [0.15, 0.2) is 48.1 Å². The second kappa shape index (κ2) is 7.82. The first-order valence-corrected chi connectivity index (χ1v) is 8.22. The molecule has 1 atom stereocenters. The Kier molecular flexibility index (Phi) is 5.81. The van der Waals surface area contributed by atoms with Gasteiger partial charge in [-0.2, -0.15) is 0 Å². The van der Waals surface area contributed by atoms with Crippen LogP contribution in [0.25, 0.3) is 0 Å². The summed E-state index contributed by atoms with van der Waals surface area (Å²) in [7, 11) is 0. The lowest BCUT2D eigenvalue weighted by molar-refractivity contribution is -0.121. The van der Waals surface area contributed by atoms with Crippen LogP contribution in [-0.4, -0.2) is 26.7 Å². The molecule has 0 radical (unpaired) electrons. The molecule has 7 heteroatoms. The van der Waals surface area contributed by atoms with Gasteiger partial charge in [0.2, 0.25) is 11.9 Å². The number of nitrogens with two attached hydrogens (primary N) is 1. The Morgan fingerprint density at radius 1 is 1.39 bits per heavy atom. The fourth-order valence-electron chi connectivity index (χ4n) is 2.05. The van der Waals surface area contributed by atoms with Crippen molar-refractivity contribution >= 4 is 23.6 Å². The predicted molar refractivity (Wildman–Crippen MR) is 93.0 cm³/mol. The predicted octanol–water partition coefficient (Wildman–Crippen LogP) is 2.40. The molecule has 2 aromatic rings. The van der Waals surface area contributed by atoms with Gasteiger partial charge in [0, 0.05) is 12.6 Å².